The van der Waals surface area contributed by atoms with Gasteiger partial charge in [0.2, 0.25) is 0 Å². The Balaban J connectivity index is 1.26. The van der Waals surface area contributed by atoms with Gasteiger partial charge in [-0.2, -0.15) is 0 Å². The van der Waals surface area contributed by atoms with Crippen LogP contribution in [0.3, 0.4) is 0 Å². The topological polar surface area (TPSA) is 8.17 Å². The summed E-state index contributed by atoms with van der Waals surface area (Å²) in [6, 6.07) is 65.3. The van der Waals surface area contributed by atoms with E-state index < -0.39 is 35.6 Å². The van der Waals surface area contributed by atoms with Crippen LogP contribution in [0.25, 0.3) is 60.5 Å². The first-order valence-electron chi connectivity index (χ1n) is 24.0. The number of aromatic nitrogens is 1. The Labute approximate surface area is 365 Å². The Morgan fingerprint density at radius 1 is 0.410 bits per heavy atom. The number of benzene rings is 10. The molecule has 0 saturated carbocycles. The smallest absolute Gasteiger partial charge is 0.0726 e. The quantitative estimate of drug-likeness (QED) is 0.156. The highest BCUT2D eigenvalue weighted by Crippen LogP contribution is 2.60. The first kappa shape index (κ1) is 28.5. The number of nitrogens with zero attached hydrogens (tertiary/aromatic N) is 2. The van der Waals surface area contributed by atoms with E-state index >= 15 is 0 Å². The summed E-state index contributed by atoms with van der Waals surface area (Å²) < 4.78 is 67.8. The van der Waals surface area contributed by atoms with Crippen molar-refractivity contribution in [2.75, 3.05) is 4.90 Å². The van der Waals surface area contributed by atoms with Crippen molar-refractivity contribution in [3.63, 3.8) is 0 Å². The largest absolute Gasteiger partial charge is 0.310 e. The molecule has 2 nitrogen and oxygen atoms in total. The lowest BCUT2D eigenvalue weighted by molar-refractivity contribution is 0.785. The number of hydrogen-bond donors (Lipinski definition) is 0. The van der Waals surface area contributed by atoms with Crippen LogP contribution in [0.1, 0.15) is 31.8 Å². The van der Waals surface area contributed by atoms with Gasteiger partial charge in [0, 0.05) is 33.4 Å². The molecule has 0 fully saturated rings. The molecule has 1 aromatic heterocycles. The lowest BCUT2D eigenvalue weighted by Crippen LogP contribution is -2.29. The maximum Gasteiger partial charge on any atom is 0.0726 e. The second-order valence-electron chi connectivity index (χ2n) is 15.5. The Bertz CT molecular complexity index is 3830. The first-order valence-corrected chi connectivity index (χ1v) is 20.5. The Kier molecular flexibility index (Phi) is 6.59. The molecule has 1 aliphatic carbocycles. The standard InChI is InChI=1S/C59H40N2/c1-4-20-42(21-5-1)47-29-13-16-35-55(47)60(43-24-6-2-7-25-43)45-38-39-53-50(40-45)48-30-12-15-32-52(48)59(53,51-33-18-23-41-22-10-11-28-46(41)51)54-34-19-37-57-58(54)49-31-14-17-36-56(49)61(57)44-26-8-3-9-27-44/h1-40H/i10D,11D,18D,22D,23D,28D,33D. The SMILES string of the molecule is [2H]c1c([2H])c([2H])c2c(C3(c4cccc5c4c4ccccc4n5-c4ccccc4)c4ccccc4-c4cc(N(c5ccccc5)c5ccccc5-c5ccccc5)ccc43)c([2H])c([2H])c([2H])c2c1[2H]. The second kappa shape index (κ2) is 14.1. The van der Waals surface area contributed by atoms with Gasteiger partial charge in [-0.3, -0.25) is 0 Å². The average molecular weight is 784 g/mol. The van der Waals surface area contributed by atoms with Gasteiger partial charge in [-0.15, -0.1) is 0 Å². The van der Waals surface area contributed by atoms with Crippen LogP contribution in [-0.4, -0.2) is 4.57 Å². The highest BCUT2D eigenvalue weighted by molar-refractivity contribution is 6.13. The molecule has 0 amide bonds. The van der Waals surface area contributed by atoms with Crippen LogP contribution in [0.15, 0.2) is 242 Å². The number of fused-ring (bicyclic) bond motifs is 7. The molecular weight excluding hydrogens is 737 g/mol. The van der Waals surface area contributed by atoms with E-state index in [0.29, 0.717) is 0 Å². The molecule has 12 rings (SSSR count). The zero-order valence-electron chi connectivity index (χ0n) is 39.9. The fourth-order valence-electron chi connectivity index (χ4n) is 9.92. The molecule has 0 radical (unpaired) electrons. The van der Waals surface area contributed by atoms with E-state index in [-0.39, 0.29) is 28.4 Å². The second-order valence-corrected chi connectivity index (χ2v) is 15.5. The summed E-state index contributed by atoms with van der Waals surface area (Å²) in [6.45, 7) is 0. The summed E-state index contributed by atoms with van der Waals surface area (Å²) in [4.78, 5) is 2.26. The molecule has 0 bridgehead atoms. The minimum absolute atomic E-state index is 0.0558. The van der Waals surface area contributed by atoms with E-state index in [9.17, 15) is 6.85 Å². The molecule has 1 atom stereocenters. The molecular formula is C59H40N2. The third-order valence-electron chi connectivity index (χ3n) is 12.3. The Morgan fingerprint density at radius 3 is 1.90 bits per heavy atom. The zero-order valence-corrected chi connectivity index (χ0v) is 32.9. The summed E-state index contributed by atoms with van der Waals surface area (Å²) in [5.41, 5.74) is 10.7. The molecule has 2 heteroatoms. The number of hydrogen-bond acceptors (Lipinski definition) is 1. The third kappa shape index (κ3) is 5.29. The van der Waals surface area contributed by atoms with Gasteiger partial charge >= 0.3 is 0 Å². The van der Waals surface area contributed by atoms with E-state index in [1.165, 1.54) is 0 Å². The van der Waals surface area contributed by atoms with E-state index in [1.54, 1.807) is 0 Å². The van der Waals surface area contributed by atoms with Crippen molar-refractivity contribution in [2.45, 2.75) is 5.41 Å². The van der Waals surface area contributed by atoms with Crippen LogP contribution in [0.5, 0.6) is 0 Å². The van der Waals surface area contributed by atoms with Crippen molar-refractivity contribution in [1.82, 2.24) is 4.57 Å². The summed E-state index contributed by atoms with van der Waals surface area (Å²) in [6.07, 6.45) is 0. The fourth-order valence-corrected chi connectivity index (χ4v) is 9.92. The first-order chi connectivity index (χ1) is 33.2. The molecule has 0 spiro atoms. The van der Waals surface area contributed by atoms with Crippen molar-refractivity contribution in [3.05, 3.63) is 265 Å². The summed E-state index contributed by atoms with van der Waals surface area (Å²) in [7, 11) is 0. The molecule has 11 aromatic rings. The molecule has 61 heavy (non-hydrogen) atoms. The number of para-hydroxylation sites is 4. The predicted octanol–water partition coefficient (Wildman–Crippen LogP) is 15.4. The number of anilines is 3. The van der Waals surface area contributed by atoms with Crippen LogP contribution < -0.4 is 4.90 Å². The van der Waals surface area contributed by atoms with Crippen molar-refractivity contribution in [1.29, 1.82) is 0 Å². The molecule has 1 unspecified atom stereocenters. The van der Waals surface area contributed by atoms with Gasteiger partial charge in [0.05, 0.1) is 31.7 Å². The maximum absolute atomic E-state index is 10.1. The molecule has 0 aliphatic heterocycles. The fraction of sp³-hybridized carbons (Fsp3) is 0.0169. The highest BCUT2D eigenvalue weighted by Gasteiger charge is 2.48. The van der Waals surface area contributed by atoms with E-state index in [4.69, 9.17) is 2.74 Å². The monoisotopic (exact) mass is 783 g/mol. The van der Waals surface area contributed by atoms with Gasteiger partial charge in [0.25, 0.3) is 0 Å². The van der Waals surface area contributed by atoms with Crippen LogP contribution in [0, 0.1) is 0 Å². The highest BCUT2D eigenvalue weighted by atomic mass is 15.1. The van der Waals surface area contributed by atoms with Gasteiger partial charge in [-0.25, -0.2) is 0 Å². The van der Waals surface area contributed by atoms with Crippen LogP contribution in [0.4, 0.5) is 17.1 Å². The van der Waals surface area contributed by atoms with Crippen molar-refractivity contribution in [2.24, 2.45) is 0 Å². The van der Waals surface area contributed by atoms with Crippen LogP contribution in [-0.2, 0) is 5.41 Å². The van der Waals surface area contributed by atoms with Gasteiger partial charge in [-0.1, -0.05) is 188 Å². The van der Waals surface area contributed by atoms with E-state index in [2.05, 4.69) is 125 Å². The third-order valence-corrected chi connectivity index (χ3v) is 12.3. The molecule has 0 saturated heterocycles. The van der Waals surface area contributed by atoms with Gasteiger partial charge in [-0.05, 0) is 104 Å². The minimum atomic E-state index is -1.45. The summed E-state index contributed by atoms with van der Waals surface area (Å²) in [5, 5.41) is 1.83. The molecule has 1 heterocycles. The molecule has 1 aliphatic rings. The van der Waals surface area contributed by atoms with E-state index in [0.717, 1.165) is 83.5 Å². The van der Waals surface area contributed by atoms with Crippen molar-refractivity contribution in [3.8, 4) is 27.9 Å². The summed E-state index contributed by atoms with van der Waals surface area (Å²) in [5.74, 6) is 0. The van der Waals surface area contributed by atoms with Gasteiger partial charge in [0.1, 0.15) is 0 Å². The van der Waals surface area contributed by atoms with Crippen molar-refractivity contribution < 1.29 is 9.60 Å². The molecule has 0 N–H and O–H groups in total. The van der Waals surface area contributed by atoms with Gasteiger partial charge < -0.3 is 9.47 Å². The Morgan fingerprint density at radius 2 is 1.05 bits per heavy atom. The summed E-state index contributed by atoms with van der Waals surface area (Å²) >= 11 is 0. The van der Waals surface area contributed by atoms with Gasteiger partial charge in [0.15, 0.2) is 0 Å². The van der Waals surface area contributed by atoms with Crippen LogP contribution >= 0.6 is 0 Å². The van der Waals surface area contributed by atoms with E-state index in [1.807, 2.05) is 84.9 Å². The normalized spacial score (nSPS) is 15.9. The van der Waals surface area contributed by atoms with Crippen LogP contribution in [0.2, 0.25) is 0 Å². The van der Waals surface area contributed by atoms with Crippen molar-refractivity contribution >= 4 is 49.6 Å². The molecule has 286 valence electrons. The Hall–Kier alpha value is -7.94. The number of rotatable bonds is 7. The lowest BCUT2D eigenvalue weighted by Gasteiger charge is -2.36. The predicted molar refractivity (Wildman–Crippen MR) is 256 cm³/mol. The average Bonchev–Trinajstić information content (AvgIpc) is 3.88. The minimum Gasteiger partial charge on any atom is -0.310 e. The maximum atomic E-state index is 10.1. The molecule has 10 aromatic carbocycles. The zero-order chi connectivity index (χ0) is 46.4. The lowest BCUT2D eigenvalue weighted by atomic mass is 9.65.